The molecule has 0 radical (unpaired) electrons. The molecule has 0 spiro atoms. The zero-order valence-corrected chi connectivity index (χ0v) is 14.0. The molecule has 1 aromatic carbocycles. The van der Waals surface area contributed by atoms with Gasteiger partial charge in [0, 0.05) is 11.9 Å². The maximum Gasteiger partial charge on any atom is 0.321 e. The van der Waals surface area contributed by atoms with Crippen molar-refractivity contribution in [2.75, 3.05) is 11.9 Å². The molecule has 3 rings (SSSR count). The molecule has 1 fully saturated rings. The first-order valence-electron chi connectivity index (χ1n) is 7.19. The predicted molar refractivity (Wildman–Crippen MR) is 91.6 cm³/mol. The Bertz CT molecular complexity index is 660. The fraction of sp³-hybridized carbons (Fsp3) is 0.333. The van der Waals surface area contributed by atoms with Crippen LogP contribution in [0.1, 0.15) is 30.1 Å². The number of rotatable bonds is 4. The molecule has 1 saturated heterocycles. The van der Waals surface area contributed by atoms with Gasteiger partial charge >= 0.3 is 6.03 Å². The van der Waals surface area contributed by atoms with Crippen molar-refractivity contribution in [1.29, 1.82) is 0 Å². The number of nitrogens with zero attached hydrogens (tertiary/aromatic N) is 1. The summed E-state index contributed by atoms with van der Waals surface area (Å²) in [6, 6.07) is 6.10. The highest BCUT2D eigenvalue weighted by Gasteiger charge is 2.19. The average Bonchev–Trinajstić information content (AvgIpc) is 3.16. The van der Waals surface area contributed by atoms with E-state index in [1.807, 2.05) is 5.38 Å². The molecule has 2 aromatic rings. The van der Waals surface area contributed by atoms with E-state index < -0.39 is 0 Å². The molecule has 1 aliphatic rings. The third kappa shape index (κ3) is 4.89. The van der Waals surface area contributed by atoms with E-state index in [1.54, 1.807) is 12.1 Å². The van der Waals surface area contributed by atoms with E-state index in [-0.39, 0.29) is 30.8 Å². The Balaban J connectivity index is 0.00000192. The first kappa shape index (κ1) is 17.7. The molecule has 0 aliphatic carbocycles. The minimum absolute atomic E-state index is 0. The van der Waals surface area contributed by atoms with E-state index in [1.165, 1.54) is 23.5 Å². The number of hydrogen-bond donors (Lipinski definition) is 3. The fourth-order valence-electron chi connectivity index (χ4n) is 2.41. The standard InChI is InChI=1S/C15H17FN4OS.ClH/c16-11-4-1-3-10(7-11)8-18-14(21)20-15-19-13(9-22-15)12-5-2-6-17-12;/h1,3-4,7,9,12,17H,2,5-6,8H2,(H2,18,19,20,21);1H. The van der Waals surface area contributed by atoms with Gasteiger partial charge in [0.1, 0.15) is 5.82 Å². The summed E-state index contributed by atoms with van der Waals surface area (Å²) in [5.41, 5.74) is 1.69. The summed E-state index contributed by atoms with van der Waals surface area (Å²) in [6.07, 6.45) is 2.23. The molecule has 124 valence electrons. The lowest BCUT2D eigenvalue weighted by Gasteiger charge is -2.06. The van der Waals surface area contributed by atoms with E-state index in [9.17, 15) is 9.18 Å². The summed E-state index contributed by atoms with van der Waals surface area (Å²) in [5.74, 6) is -0.312. The van der Waals surface area contributed by atoms with E-state index in [4.69, 9.17) is 0 Å². The fourth-order valence-corrected chi connectivity index (χ4v) is 3.17. The van der Waals surface area contributed by atoms with E-state index in [2.05, 4.69) is 20.9 Å². The molecule has 23 heavy (non-hydrogen) atoms. The molecule has 3 N–H and O–H groups in total. The Kier molecular flexibility index (Phi) is 6.32. The number of anilines is 1. The largest absolute Gasteiger partial charge is 0.334 e. The molecule has 1 aliphatic heterocycles. The number of aromatic nitrogens is 1. The summed E-state index contributed by atoms with van der Waals surface area (Å²) in [5, 5.41) is 11.3. The first-order chi connectivity index (χ1) is 10.7. The van der Waals surface area contributed by atoms with Crippen LogP contribution in [0.25, 0.3) is 0 Å². The molecule has 0 saturated carbocycles. The number of urea groups is 1. The van der Waals surface area contributed by atoms with Crippen LogP contribution in [0.2, 0.25) is 0 Å². The van der Waals surface area contributed by atoms with Gasteiger partial charge in [-0.15, -0.1) is 23.7 Å². The van der Waals surface area contributed by atoms with Crippen LogP contribution < -0.4 is 16.0 Å². The summed E-state index contributed by atoms with van der Waals surface area (Å²) in [4.78, 5) is 16.3. The number of carbonyl (C=O) groups is 1. The third-order valence-corrected chi connectivity index (χ3v) is 4.28. The van der Waals surface area contributed by atoms with E-state index in [0.29, 0.717) is 16.7 Å². The highest BCUT2D eigenvalue weighted by Crippen LogP contribution is 2.26. The SMILES string of the molecule is Cl.O=C(NCc1cccc(F)c1)Nc1nc(C2CCCN2)cs1. The molecular weight excluding hydrogens is 339 g/mol. The topological polar surface area (TPSA) is 66.0 Å². The number of nitrogens with one attached hydrogen (secondary N) is 3. The smallest absolute Gasteiger partial charge is 0.321 e. The molecule has 0 bridgehead atoms. The normalized spacial score (nSPS) is 16.7. The second kappa shape index (κ2) is 8.24. The zero-order chi connectivity index (χ0) is 15.4. The van der Waals surface area contributed by atoms with Crippen molar-refractivity contribution in [3.8, 4) is 0 Å². The lowest BCUT2D eigenvalue weighted by Crippen LogP contribution is -2.28. The maximum absolute atomic E-state index is 13.0. The highest BCUT2D eigenvalue weighted by atomic mass is 35.5. The van der Waals surface area contributed by atoms with Crippen molar-refractivity contribution >= 4 is 34.9 Å². The number of amides is 2. The van der Waals surface area contributed by atoms with Gasteiger partial charge < -0.3 is 10.6 Å². The lowest BCUT2D eigenvalue weighted by molar-refractivity contribution is 0.251. The second-order valence-electron chi connectivity index (χ2n) is 5.16. The van der Waals surface area contributed by atoms with Crippen LogP contribution in [0.3, 0.4) is 0 Å². The van der Waals surface area contributed by atoms with Crippen molar-refractivity contribution < 1.29 is 9.18 Å². The van der Waals surface area contributed by atoms with Crippen LogP contribution in [0, 0.1) is 5.82 Å². The van der Waals surface area contributed by atoms with Gasteiger partial charge in [-0.05, 0) is 37.1 Å². The Labute approximate surface area is 144 Å². The number of hydrogen-bond acceptors (Lipinski definition) is 4. The van der Waals surface area contributed by atoms with Gasteiger partial charge in [0.25, 0.3) is 0 Å². The van der Waals surface area contributed by atoms with E-state index in [0.717, 1.165) is 25.1 Å². The quantitative estimate of drug-likeness (QED) is 0.786. The highest BCUT2D eigenvalue weighted by molar-refractivity contribution is 7.13. The first-order valence-corrected chi connectivity index (χ1v) is 8.07. The van der Waals surface area contributed by atoms with Crippen LogP contribution in [0.5, 0.6) is 0 Å². The molecule has 2 amide bonds. The Morgan fingerprint density at radius 2 is 2.35 bits per heavy atom. The molecule has 1 atom stereocenters. The minimum Gasteiger partial charge on any atom is -0.334 e. The predicted octanol–water partition coefficient (Wildman–Crippen LogP) is 3.45. The minimum atomic E-state index is -0.343. The summed E-state index contributed by atoms with van der Waals surface area (Å²) in [6.45, 7) is 1.28. The Morgan fingerprint density at radius 3 is 3.09 bits per heavy atom. The van der Waals surface area contributed by atoms with Crippen LogP contribution in [0.15, 0.2) is 29.6 Å². The maximum atomic E-state index is 13.0. The van der Waals surface area contributed by atoms with Crippen molar-refractivity contribution in [2.45, 2.75) is 25.4 Å². The zero-order valence-electron chi connectivity index (χ0n) is 12.3. The number of thiazole rings is 1. The van der Waals surface area contributed by atoms with Gasteiger partial charge in [0.2, 0.25) is 0 Å². The van der Waals surface area contributed by atoms with Gasteiger partial charge in [-0.2, -0.15) is 0 Å². The molecule has 5 nitrogen and oxygen atoms in total. The van der Waals surface area contributed by atoms with Gasteiger partial charge in [-0.3, -0.25) is 5.32 Å². The summed E-state index contributed by atoms with van der Waals surface area (Å²) >= 11 is 1.41. The van der Waals surface area contributed by atoms with Crippen LogP contribution in [-0.2, 0) is 6.54 Å². The molecule has 8 heteroatoms. The summed E-state index contributed by atoms with van der Waals surface area (Å²) in [7, 11) is 0. The Morgan fingerprint density at radius 1 is 1.48 bits per heavy atom. The van der Waals surface area contributed by atoms with Crippen molar-refractivity contribution in [3.63, 3.8) is 0 Å². The Hall–Kier alpha value is -1.70. The number of carbonyl (C=O) groups excluding carboxylic acids is 1. The molecule has 2 heterocycles. The van der Waals surface area contributed by atoms with Crippen molar-refractivity contribution in [1.82, 2.24) is 15.6 Å². The van der Waals surface area contributed by atoms with Crippen molar-refractivity contribution in [2.24, 2.45) is 0 Å². The molecular formula is C15H18ClFN4OS. The van der Waals surface area contributed by atoms with Gasteiger partial charge in [0.15, 0.2) is 5.13 Å². The monoisotopic (exact) mass is 356 g/mol. The van der Waals surface area contributed by atoms with E-state index >= 15 is 0 Å². The van der Waals surface area contributed by atoms with Crippen LogP contribution in [0.4, 0.5) is 14.3 Å². The number of benzene rings is 1. The number of halogens is 2. The van der Waals surface area contributed by atoms with Crippen LogP contribution >= 0.6 is 23.7 Å². The van der Waals surface area contributed by atoms with Gasteiger partial charge in [0.05, 0.1) is 11.7 Å². The second-order valence-corrected chi connectivity index (χ2v) is 6.02. The van der Waals surface area contributed by atoms with Gasteiger partial charge in [-0.25, -0.2) is 14.2 Å². The molecule has 1 unspecified atom stereocenters. The molecule has 1 aromatic heterocycles. The van der Waals surface area contributed by atoms with Crippen molar-refractivity contribution in [3.05, 3.63) is 46.7 Å². The summed E-state index contributed by atoms with van der Waals surface area (Å²) < 4.78 is 13.0. The van der Waals surface area contributed by atoms with Crippen LogP contribution in [-0.4, -0.2) is 17.6 Å². The van der Waals surface area contributed by atoms with Gasteiger partial charge in [-0.1, -0.05) is 12.1 Å². The lowest BCUT2D eigenvalue weighted by atomic mass is 10.2. The third-order valence-electron chi connectivity index (χ3n) is 3.50. The average molecular weight is 357 g/mol.